The Hall–Kier alpha value is -1.90. The highest BCUT2D eigenvalue weighted by molar-refractivity contribution is 5.48. The van der Waals surface area contributed by atoms with Crippen LogP contribution in [0.3, 0.4) is 0 Å². The van der Waals surface area contributed by atoms with Gasteiger partial charge in [-0.3, -0.25) is 4.90 Å². The molecule has 23 heavy (non-hydrogen) atoms. The van der Waals surface area contributed by atoms with E-state index in [-0.39, 0.29) is 12.0 Å². The molecule has 1 atom stereocenters. The molecule has 0 spiro atoms. The van der Waals surface area contributed by atoms with E-state index in [1.54, 1.807) is 0 Å². The van der Waals surface area contributed by atoms with Crippen molar-refractivity contribution in [1.29, 1.82) is 0 Å². The molecule has 2 nitrogen and oxygen atoms in total. The van der Waals surface area contributed by atoms with Crippen LogP contribution in [-0.2, 0) is 6.54 Å². The minimum absolute atomic E-state index is 0.0139. The summed E-state index contributed by atoms with van der Waals surface area (Å²) >= 11 is 0. The van der Waals surface area contributed by atoms with Crippen LogP contribution in [0.1, 0.15) is 24.0 Å². The molecule has 3 rings (SSSR count). The van der Waals surface area contributed by atoms with Crippen LogP contribution in [0.2, 0.25) is 0 Å². The number of hydrogen-bond acceptors (Lipinski definition) is 2. The van der Waals surface area contributed by atoms with Crippen molar-refractivity contribution in [3.05, 3.63) is 77.9 Å². The summed E-state index contributed by atoms with van der Waals surface area (Å²) in [7, 11) is 0. The number of benzene rings is 2. The quantitative estimate of drug-likeness (QED) is 0.873. The largest absolute Gasteiger partial charge is 0.396 e. The summed E-state index contributed by atoms with van der Waals surface area (Å²) in [5, 5.41) is 9.94. The van der Waals surface area contributed by atoms with Gasteiger partial charge in [0.2, 0.25) is 0 Å². The highest BCUT2D eigenvalue weighted by Gasteiger charge is 2.36. The maximum absolute atomic E-state index is 9.94. The predicted octanol–water partition coefficient (Wildman–Crippen LogP) is 3.97. The smallest absolute Gasteiger partial charge is 0.0503 e. The maximum Gasteiger partial charge on any atom is 0.0503 e. The van der Waals surface area contributed by atoms with E-state index in [9.17, 15) is 5.11 Å². The molecule has 2 aromatic carbocycles. The zero-order valence-corrected chi connectivity index (χ0v) is 13.6. The second-order valence-corrected chi connectivity index (χ2v) is 6.62. The molecule has 1 fully saturated rings. The Morgan fingerprint density at radius 1 is 1.00 bits per heavy atom. The van der Waals surface area contributed by atoms with E-state index in [1.807, 2.05) is 6.07 Å². The Morgan fingerprint density at radius 3 is 2.39 bits per heavy atom. The first-order chi connectivity index (χ1) is 11.3. The fourth-order valence-electron chi connectivity index (χ4n) is 3.37. The molecule has 0 bridgehead atoms. The first-order valence-corrected chi connectivity index (χ1v) is 8.38. The van der Waals surface area contributed by atoms with Gasteiger partial charge in [-0.15, -0.1) is 0 Å². The lowest BCUT2D eigenvalue weighted by Crippen LogP contribution is -2.29. The van der Waals surface area contributed by atoms with E-state index in [0.717, 1.165) is 32.5 Å². The van der Waals surface area contributed by atoms with Crippen LogP contribution >= 0.6 is 0 Å². The van der Waals surface area contributed by atoms with Crippen molar-refractivity contribution in [3.63, 3.8) is 0 Å². The Bertz CT molecular complexity index is 623. The van der Waals surface area contributed by atoms with Gasteiger partial charge in [-0.25, -0.2) is 0 Å². The Morgan fingerprint density at radius 2 is 1.70 bits per heavy atom. The zero-order valence-electron chi connectivity index (χ0n) is 13.6. The van der Waals surface area contributed by atoms with Crippen LogP contribution < -0.4 is 0 Å². The van der Waals surface area contributed by atoms with Gasteiger partial charge >= 0.3 is 0 Å². The second-order valence-electron chi connectivity index (χ2n) is 6.62. The van der Waals surface area contributed by atoms with Crippen molar-refractivity contribution in [3.8, 4) is 0 Å². The molecular formula is C21H25NO. The molecule has 0 amide bonds. The molecule has 2 aromatic rings. The first-order valence-electron chi connectivity index (χ1n) is 8.38. The normalized spacial score (nSPS) is 22.0. The SMILES string of the molecule is OC[C@]1(C/C=C/c2ccccc2)CCN(Cc2ccccc2)C1. The molecule has 0 aliphatic carbocycles. The summed E-state index contributed by atoms with van der Waals surface area (Å²) in [6.07, 6.45) is 6.38. The molecule has 0 unspecified atom stereocenters. The first kappa shape index (κ1) is 16.0. The fraction of sp³-hybridized carbons (Fsp3) is 0.333. The van der Waals surface area contributed by atoms with Crippen LogP contribution in [0.5, 0.6) is 0 Å². The van der Waals surface area contributed by atoms with E-state index in [4.69, 9.17) is 0 Å². The summed E-state index contributed by atoms with van der Waals surface area (Å²) in [5.41, 5.74) is 2.58. The molecule has 120 valence electrons. The molecule has 2 heteroatoms. The highest BCUT2D eigenvalue weighted by Crippen LogP contribution is 2.35. The average molecular weight is 307 g/mol. The minimum Gasteiger partial charge on any atom is -0.396 e. The van der Waals surface area contributed by atoms with Crippen LogP contribution in [0.25, 0.3) is 6.08 Å². The molecule has 1 heterocycles. The van der Waals surface area contributed by atoms with Gasteiger partial charge in [0, 0.05) is 18.5 Å². The third kappa shape index (κ3) is 4.31. The van der Waals surface area contributed by atoms with E-state index in [0.29, 0.717) is 0 Å². The number of allylic oxidation sites excluding steroid dienone is 1. The van der Waals surface area contributed by atoms with Gasteiger partial charge in [0.1, 0.15) is 0 Å². The van der Waals surface area contributed by atoms with Gasteiger partial charge in [-0.2, -0.15) is 0 Å². The molecule has 0 saturated carbocycles. The van der Waals surface area contributed by atoms with Crippen LogP contribution in [0.4, 0.5) is 0 Å². The molecule has 0 aromatic heterocycles. The Labute approximate surface area is 139 Å². The monoisotopic (exact) mass is 307 g/mol. The summed E-state index contributed by atoms with van der Waals surface area (Å²) in [6, 6.07) is 20.9. The van der Waals surface area contributed by atoms with Crippen molar-refractivity contribution in [1.82, 2.24) is 4.90 Å². The van der Waals surface area contributed by atoms with E-state index >= 15 is 0 Å². The Balaban J connectivity index is 1.58. The van der Waals surface area contributed by atoms with Gasteiger partial charge in [-0.05, 0) is 30.5 Å². The number of aliphatic hydroxyl groups is 1. The van der Waals surface area contributed by atoms with Crippen molar-refractivity contribution in [2.75, 3.05) is 19.7 Å². The van der Waals surface area contributed by atoms with Gasteiger partial charge in [0.25, 0.3) is 0 Å². The summed E-state index contributed by atoms with van der Waals surface area (Å²) < 4.78 is 0. The lowest BCUT2D eigenvalue weighted by Gasteiger charge is -2.26. The molecular weight excluding hydrogens is 282 g/mol. The molecule has 1 N–H and O–H groups in total. The average Bonchev–Trinajstić information content (AvgIpc) is 3.00. The zero-order chi connectivity index (χ0) is 16.0. The number of likely N-dealkylation sites (tertiary alicyclic amines) is 1. The van der Waals surface area contributed by atoms with E-state index in [1.165, 1.54) is 11.1 Å². The maximum atomic E-state index is 9.94. The van der Waals surface area contributed by atoms with Crippen molar-refractivity contribution < 1.29 is 5.11 Å². The van der Waals surface area contributed by atoms with Gasteiger partial charge < -0.3 is 5.11 Å². The van der Waals surface area contributed by atoms with Crippen molar-refractivity contribution in [2.45, 2.75) is 19.4 Å². The van der Waals surface area contributed by atoms with Gasteiger partial charge in [0.05, 0.1) is 6.61 Å². The van der Waals surface area contributed by atoms with Crippen molar-refractivity contribution >= 4 is 6.08 Å². The Kier molecular flexibility index (Phi) is 5.27. The number of rotatable bonds is 6. The lowest BCUT2D eigenvalue weighted by molar-refractivity contribution is 0.129. The second kappa shape index (κ2) is 7.58. The topological polar surface area (TPSA) is 23.5 Å². The van der Waals surface area contributed by atoms with E-state index < -0.39 is 0 Å². The summed E-state index contributed by atoms with van der Waals surface area (Å²) in [4.78, 5) is 2.46. The third-order valence-electron chi connectivity index (χ3n) is 4.76. The van der Waals surface area contributed by atoms with Gasteiger partial charge in [0.15, 0.2) is 0 Å². The van der Waals surface area contributed by atoms with Crippen LogP contribution in [0.15, 0.2) is 66.7 Å². The molecule has 0 radical (unpaired) electrons. The summed E-state index contributed by atoms with van der Waals surface area (Å²) in [6.45, 7) is 3.27. The summed E-state index contributed by atoms with van der Waals surface area (Å²) in [5.74, 6) is 0. The predicted molar refractivity (Wildman–Crippen MR) is 95.9 cm³/mol. The van der Waals surface area contributed by atoms with Crippen LogP contribution in [0, 0.1) is 5.41 Å². The molecule has 1 aliphatic rings. The minimum atomic E-state index is 0.0139. The lowest BCUT2D eigenvalue weighted by atomic mass is 9.84. The third-order valence-corrected chi connectivity index (χ3v) is 4.76. The number of aliphatic hydroxyl groups excluding tert-OH is 1. The number of hydrogen-bond donors (Lipinski definition) is 1. The fourth-order valence-corrected chi connectivity index (χ4v) is 3.37. The highest BCUT2D eigenvalue weighted by atomic mass is 16.3. The molecule has 1 aliphatic heterocycles. The van der Waals surface area contributed by atoms with E-state index in [2.05, 4.69) is 71.6 Å². The van der Waals surface area contributed by atoms with Crippen LogP contribution in [-0.4, -0.2) is 29.7 Å². The van der Waals surface area contributed by atoms with Crippen molar-refractivity contribution in [2.24, 2.45) is 5.41 Å². The number of nitrogens with zero attached hydrogens (tertiary/aromatic N) is 1. The van der Waals surface area contributed by atoms with Gasteiger partial charge in [-0.1, -0.05) is 72.8 Å². The molecule has 1 saturated heterocycles. The standard InChI is InChI=1S/C21H25NO/c23-18-21(13-7-12-19-8-3-1-4-9-19)14-15-22(17-21)16-20-10-5-2-6-11-20/h1-12,23H,13-18H2/b12-7+/t21-/m1/s1.